The SMILES string of the molecule is COC(=O)[C@H](Cc1ccc(OCCCN(C(=O)C(C)C)c2cccc(F)c2)cc1)Nc1ccccc1C(=O)c1ccccc1. The number of ketones is 1. The summed E-state index contributed by atoms with van der Waals surface area (Å²) >= 11 is 0. The number of amides is 1. The number of nitrogens with one attached hydrogen (secondary N) is 1. The summed E-state index contributed by atoms with van der Waals surface area (Å²) in [6.45, 7) is 4.38. The van der Waals surface area contributed by atoms with Gasteiger partial charge in [0.2, 0.25) is 5.91 Å². The number of carbonyl (C=O) groups excluding carboxylic acids is 3. The summed E-state index contributed by atoms with van der Waals surface area (Å²) < 4.78 is 24.8. The molecule has 0 saturated heterocycles. The number of hydrogen-bond acceptors (Lipinski definition) is 6. The van der Waals surface area contributed by atoms with Crippen LogP contribution < -0.4 is 15.0 Å². The Bertz CT molecular complexity index is 1560. The number of esters is 1. The first-order valence-corrected chi connectivity index (χ1v) is 14.6. The van der Waals surface area contributed by atoms with E-state index >= 15 is 0 Å². The lowest BCUT2D eigenvalue weighted by molar-refractivity contribution is -0.141. The highest BCUT2D eigenvalue weighted by Crippen LogP contribution is 2.23. The van der Waals surface area contributed by atoms with E-state index in [-0.39, 0.29) is 17.6 Å². The summed E-state index contributed by atoms with van der Waals surface area (Å²) in [5, 5.41) is 3.22. The Morgan fingerprint density at radius 1 is 0.864 bits per heavy atom. The van der Waals surface area contributed by atoms with Crippen LogP contribution in [-0.2, 0) is 20.7 Å². The summed E-state index contributed by atoms with van der Waals surface area (Å²) in [4.78, 5) is 40.3. The normalized spacial score (nSPS) is 11.5. The number of carbonyl (C=O) groups is 3. The van der Waals surface area contributed by atoms with E-state index in [1.54, 1.807) is 53.4 Å². The summed E-state index contributed by atoms with van der Waals surface area (Å²) in [5.41, 5.74) is 2.95. The highest BCUT2D eigenvalue weighted by molar-refractivity contribution is 6.12. The molecule has 4 aromatic rings. The summed E-state index contributed by atoms with van der Waals surface area (Å²) in [6.07, 6.45) is 0.868. The van der Waals surface area contributed by atoms with Crippen LogP contribution in [0.1, 0.15) is 41.8 Å². The second kappa shape index (κ2) is 15.5. The molecular weight excluding hydrogens is 559 g/mol. The molecule has 1 N–H and O–H groups in total. The minimum Gasteiger partial charge on any atom is -0.494 e. The van der Waals surface area contributed by atoms with Crippen LogP contribution in [-0.4, -0.2) is 44.0 Å². The number of ether oxygens (including phenoxy) is 2. The van der Waals surface area contributed by atoms with E-state index in [0.717, 1.165) is 5.56 Å². The van der Waals surface area contributed by atoms with Crippen LogP contribution in [0.15, 0.2) is 103 Å². The Hall–Kier alpha value is -4.98. The fourth-order valence-corrected chi connectivity index (χ4v) is 4.77. The van der Waals surface area contributed by atoms with E-state index in [1.807, 2.05) is 56.3 Å². The van der Waals surface area contributed by atoms with Gasteiger partial charge in [-0.1, -0.05) is 74.5 Å². The van der Waals surface area contributed by atoms with Gasteiger partial charge in [0.15, 0.2) is 5.78 Å². The monoisotopic (exact) mass is 596 g/mol. The first-order valence-electron chi connectivity index (χ1n) is 14.6. The lowest BCUT2D eigenvalue weighted by Crippen LogP contribution is -2.35. The van der Waals surface area contributed by atoms with Crippen LogP contribution in [0.3, 0.4) is 0 Å². The Morgan fingerprint density at radius 2 is 1.57 bits per heavy atom. The summed E-state index contributed by atoms with van der Waals surface area (Å²) in [6, 6.07) is 28.7. The van der Waals surface area contributed by atoms with Crippen molar-refractivity contribution in [1.29, 1.82) is 0 Å². The van der Waals surface area contributed by atoms with Crippen molar-refractivity contribution in [3.05, 3.63) is 126 Å². The molecule has 0 saturated carbocycles. The zero-order chi connectivity index (χ0) is 31.5. The van der Waals surface area contributed by atoms with Gasteiger partial charge in [0.25, 0.3) is 0 Å². The molecule has 1 amide bonds. The highest BCUT2D eigenvalue weighted by Gasteiger charge is 2.23. The van der Waals surface area contributed by atoms with Gasteiger partial charge in [0.05, 0.1) is 13.7 Å². The molecule has 44 heavy (non-hydrogen) atoms. The third kappa shape index (κ3) is 8.53. The third-order valence-corrected chi connectivity index (χ3v) is 7.06. The smallest absolute Gasteiger partial charge is 0.328 e. The van der Waals surface area contributed by atoms with Crippen LogP contribution in [0.4, 0.5) is 15.8 Å². The van der Waals surface area contributed by atoms with E-state index in [1.165, 1.54) is 19.2 Å². The van der Waals surface area contributed by atoms with E-state index in [0.29, 0.717) is 54.2 Å². The van der Waals surface area contributed by atoms with E-state index < -0.39 is 17.8 Å². The molecule has 1 atom stereocenters. The van der Waals surface area contributed by atoms with Crippen LogP contribution in [0.2, 0.25) is 0 Å². The second-order valence-electron chi connectivity index (χ2n) is 10.6. The molecule has 0 bridgehead atoms. The zero-order valence-electron chi connectivity index (χ0n) is 25.2. The molecule has 4 rings (SSSR count). The molecule has 7 nitrogen and oxygen atoms in total. The van der Waals surface area contributed by atoms with Crippen molar-refractivity contribution in [1.82, 2.24) is 0 Å². The Kier molecular flexibility index (Phi) is 11.2. The first kappa shape index (κ1) is 31.9. The number of benzene rings is 4. The minimum absolute atomic E-state index is 0.0826. The number of rotatable bonds is 14. The number of para-hydroxylation sites is 1. The van der Waals surface area contributed by atoms with Gasteiger partial charge in [-0.3, -0.25) is 9.59 Å². The third-order valence-electron chi connectivity index (χ3n) is 7.06. The number of nitrogens with zero attached hydrogens (tertiary/aromatic N) is 1. The molecule has 0 spiro atoms. The lowest BCUT2D eigenvalue weighted by atomic mass is 10.00. The van der Waals surface area contributed by atoms with Crippen LogP contribution >= 0.6 is 0 Å². The predicted molar refractivity (Wildman–Crippen MR) is 170 cm³/mol. The van der Waals surface area contributed by atoms with E-state index in [4.69, 9.17) is 9.47 Å². The van der Waals surface area contributed by atoms with Crippen molar-refractivity contribution in [2.45, 2.75) is 32.7 Å². The van der Waals surface area contributed by atoms with Crippen molar-refractivity contribution in [2.24, 2.45) is 5.92 Å². The minimum atomic E-state index is -0.733. The van der Waals surface area contributed by atoms with E-state index in [2.05, 4.69) is 5.32 Å². The predicted octanol–water partition coefficient (Wildman–Crippen LogP) is 6.71. The molecule has 0 unspecified atom stereocenters. The van der Waals surface area contributed by atoms with Crippen LogP contribution in [0.25, 0.3) is 0 Å². The molecular formula is C36H37FN2O5. The lowest BCUT2D eigenvalue weighted by Gasteiger charge is -2.25. The number of hydrogen-bond donors (Lipinski definition) is 1. The number of methoxy groups -OCH3 is 1. The average molecular weight is 597 g/mol. The van der Waals surface area contributed by atoms with Gasteiger partial charge in [0, 0.05) is 41.4 Å². The van der Waals surface area contributed by atoms with Crippen LogP contribution in [0.5, 0.6) is 5.75 Å². The summed E-state index contributed by atoms with van der Waals surface area (Å²) in [7, 11) is 1.33. The average Bonchev–Trinajstić information content (AvgIpc) is 3.04. The van der Waals surface area contributed by atoms with Crippen molar-refractivity contribution >= 4 is 29.0 Å². The maximum Gasteiger partial charge on any atom is 0.328 e. The van der Waals surface area contributed by atoms with Gasteiger partial charge in [-0.15, -0.1) is 0 Å². The number of halogens is 1. The van der Waals surface area contributed by atoms with Gasteiger partial charge in [-0.2, -0.15) is 0 Å². The molecule has 0 fully saturated rings. The maximum absolute atomic E-state index is 13.8. The molecule has 0 aliphatic carbocycles. The molecule has 0 aliphatic rings. The van der Waals surface area contributed by atoms with Gasteiger partial charge < -0.3 is 19.7 Å². The van der Waals surface area contributed by atoms with Crippen LogP contribution in [0, 0.1) is 11.7 Å². The molecule has 0 aromatic heterocycles. The van der Waals surface area contributed by atoms with Gasteiger partial charge >= 0.3 is 5.97 Å². The van der Waals surface area contributed by atoms with Gasteiger partial charge in [-0.25, -0.2) is 9.18 Å². The fourth-order valence-electron chi connectivity index (χ4n) is 4.77. The second-order valence-corrected chi connectivity index (χ2v) is 10.6. The first-order chi connectivity index (χ1) is 21.3. The standard InChI is InChI=1S/C36H37FN2O5/c1-25(2)35(41)39(29-14-9-13-28(37)24-29)21-10-22-44-30-19-17-26(18-20-30)23-33(36(42)43-3)38-32-16-8-7-15-31(32)34(40)27-11-5-4-6-12-27/h4-9,11-20,24-25,33,38H,10,21-23H2,1-3H3/t33-/m0/s1. The van der Waals surface area contributed by atoms with Crippen molar-refractivity contribution in [2.75, 3.05) is 30.5 Å². The Labute approximate surface area is 257 Å². The van der Waals surface area contributed by atoms with Crippen molar-refractivity contribution < 1.29 is 28.2 Å². The maximum atomic E-state index is 13.8. The fraction of sp³-hybridized carbons (Fsp3) is 0.250. The largest absolute Gasteiger partial charge is 0.494 e. The van der Waals surface area contributed by atoms with Crippen molar-refractivity contribution in [3.8, 4) is 5.75 Å². The quantitative estimate of drug-likeness (QED) is 0.0990. The van der Waals surface area contributed by atoms with Gasteiger partial charge in [0.1, 0.15) is 17.6 Å². The molecule has 8 heteroatoms. The molecule has 228 valence electrons. The molecule has 4 aromatic carbocycles. The van der Waals surface area contributed by atoms with Crippen molar-refractivity contribution in [3.63, 3.8) is 0 Å². The summed E-state index contributed by atoms with van der Waals surface area (Å²) in [5.74, 6) is -0.663. The Balaban J connectivity index is 1.37. The van der Waals surface area contributed by atoms with E-state index in [9.17, 15) is 18.8 Å². The number of anilines is 2. The zero-order valence-corrected chi connectivity index (χ0v) is 25.2. The molecule has 0 aliphatic heterocycles. The Morgan fingerprint density at radius 3 is 2.25 bits per heavy atom. The van der Waals surface area contributed by atoms with Gasteiger partial charge in [-0.05, 0) is 54.4 Å². The molecule has 0 radical (unpaired) electrons. The highest BCUT2D eigenvalue weighted by atomic mass is 19.1. The topological polar surface area (TPSA) is 84.9 Å². The molecule has 0 heterocycles.